The number of nitrogens with one attached hydrogen (secondary N) is 1. The van der Waals surface area contributed by atoms with Crippen LogP contribution < -0.4 is 10.2 Å². The van der Waals surface area contributed by atoms with Gasteiger partial charge in [0.2, 0.25) is 0 Å². The molecule has 2 aromatic heterocycles. The molecule has 1 aliphatic carbocycles. The number of benzene rings is 1. The number of piperidine rings is 1. The third-order valence-electron chi connectivity index (χ3n) is 6.86. The number of nitrogens with zero attached hydrogens (tertiary/aromatic N) is 4. The van der Waals surface area contributed by atoms with Gasteiger partial charge in [0.15, 0.2) is 0 Å². The second-order valence-electron chi connectivity index (χ2n) is 9.25. The van der Waals surface area contributed by atoms with Crippen LogP contribution in [-0.4, -0.2) is 66.3 Å². The van der Waals surface area contributed by atoms with Crippen molar-refractivity contribution in [2.75, 3.05) is 44.3 Å². The van der Waals surface area contributed by atoms with Crippen LogP contribution in [0.2, 0.25) is 0 Å². The minimum atomic E-state index is 0.653. The van der Waals surface area contributed by atoms with Crippen LogP contribution in [0.1, 0.15) is 31.5 Å². The summed E-state index contributed by atoms with van der Waals surface area (Å²) in [5.74, 6) is 2.07. The van der Waals surface area contributed by atoms with E-state index in [1.807, 2.05) is 0 Å². The van der Waals surface area contributed by atoms with Crippen molar-refractivity contribution in [3.8, 4) is 11.1 Å². The van der Waals surface area contributed by atoms with Crippen molar-refractivity contribution >= 4 is 27.4 Å². The van der Waals surface area contributed by atoms with Gasteiger partial charge >= 0.3 is 0 Å². The van der Waals surface area contributed by atoms with E-state index in [4.69, 9.17) is 14.7 Å². The first kappa shape index (κ1) is 20.5. The zero-order valence-electron chi connectivity index (χ0n) is 18.5. The molecule has 6 rings (SSSR count). The number of ether oxygens (including phenoxy) is 1. The van der Waals surface area contributed by atoms with Gasteiger partial charge in [-0.3, -0.25) is 4.90 Å². The Morgan fingerprint density at radius 3 is 2.44 bits per heavy atom. The Balaban J connectivity index is 1.34. The maximum atomic E-state index is 5.53. The molecule has 4 heterocycles. The fourth-order valence-electron chi connectivity index (χ4n) is 4.90. The number of hydrogen-bond donors (Lipinski definition) is 1. The van der Waals surface area contributed by atoms with Gasteiger partial charge in [0.05, 0.1) is 25.1 Å². The van der Waals surface area contributed by atoms with Gasteiger partial charge in [0.25, 0.3) is 0 Å². The van der Waals surface area contributed by atoms with Gasteiger partial charge in [-0.15, -0.1) is 11.3 Å². The molecule has 3 fully saturated rings. The number of rotatable bonds is 6. The molecule has 0 unspecified atom stereocenters. The summed E-state index contributed by atoms with van der Waals surface area (Å²) in [6.45, 7) is 6.41. The van der Waals surface area contributed by atoms with E-state index in [1.165, 1.54) is 42.2 Å². The first-order chi connectivity index (χ1) is 15.8. The SMILES string of the molecule is c1ccc(-c2csc3nc(CN4CCOCC4)nc(N4CCC(NC5CC5)CC4)c23)cc1. The predicted molar refractivity (Wildman–Crippen MR) is 130 cm³/mol. The first-order valence-electron chi connectivity index (χ1n) is 12.0. The van der Waals surface area contributed by atoms with Crippen LogP contribution in [0.5, 0.6) is 0 Å². The largest absolute Gasteiger partial charge is 0.379 e. The molecule has 3 aliphatic rings. The van der Waals surface area contributed by atoms with E-state index < -0.39 is 0 Å². The lowest BCUT2D eigenvalue weighted by molar-refractivity contribution is 0.0331. The topological polar surface area (TPSA) is 53.5 Å². The van der Waals surface area contributed by atoms with Gasteiger partial charge in [-0.05, 0) is 31.2 Å². The van der Waals surface area contributed by atoms with Crippen LogP contribution in [0.15, 0.2) is 35.7 Å². The van der Waals surface area contributed by atoms with Crippen LogP contribution in [0.3, 0.4) is 0 Å². The van der Waals surface area contributed by atoms with Crippen LogP contribution in [0.4, 0.5) is 5.82 Å². The number of thiophene rings is 1. The van der Waals surface area contributed by atoms with Gasteiger partial charge in [-0.25, -0.2) is 9.97 Å². The molecule has 2 saturated heterocycles. The molecule has 0 bridgehead atoms. The Labute approximate surface area is 193 Å². The molecular weight excluding hydrogens is 418 g/mol. The summed E-state index contributed by atoms with van der Waals surface area (Å²) < 4.78 is 5.53. The molecular formula is C25H31N5OS. The molecule has 3 aromatic rings. The molecule has 1 saturated carbocycles. The number of hydrogen-bond acceptors (Lipinski definition) is 7. The second kappa shape index (κ2) is 9.06. The summed E-state index contributed by atoms with van der Waals surface area (Å²) in [7, 11) is 0. The van der Waals surface area contributed by atoms with E-state index in [9.17, 15) is 0 Å². The van der Waals surface area contributed by atoms with E-state index in [2.05, 4.69) is 50.8 Å². The zero-order chi connectivity index (χ0) is 21.3. The number of morpholine rings is 1. The molecule has 1 aromatic carbocycles. The van der Waals surface area contributed by atoms with E-state index in [0.717, 1.165) is 68.5 Å². The summed E-state index contributed by atoms with van der Waals surface area (Å²) in [6.07, 6.45) is 5.08. The van der Waals surface area contributed by atoms with Crippen LogP contribution >= 0.6 is 11.3 Å². The van der Waals surface area contributed by atoms with E-state index in [0.29, 0.717) is 6.04 Å². The minimum absolute atomic E-state index is 0.653. The lowest BCUT2D eigenvalue weighted by Gasteiger charge is -2.34. The summed E-state index contributed by atoms with van der Waals surface area (Å²) in [5, 5.41) is 7.31. The standard InChI is InChI=1S/C25H31N5OS/c1-2-4-18(5-3-1)21-17-32-25-23(21)24(27-22(28-25)16-29-12-14-31-15-13-29)30-10-8-20(9-11-30)26-19-6-7-19/h1-5,17,19-20,26H,6-16H2. The highest BCUT2D eigenvalue weighted by Crippen LogP contribution is 2.39. The first-order valence-corrected chi connectivity index (χ1v) is 12.9. The Hall–Kier alpha value is -2.06. The van der Waals surface area contributed by atoms with Crippen LogP contribution in [-0.2, 0) is 11.3 Å². The molecule has 0 atom stereocenters. The number of anilines is 1. The van der Waals surface area contributed by atoms with Gasteiger partial charge < -0.3 is 15.0 Å². The fourth-order valence-corrected chi connectivity index (χ4v) is 5.86. The number of aromatic nitrogens is 2. The maximum absolute atomic E-state index is 5.53. The summed E-state index contributed by atoms with van der Waals surface area (Å²) >= 11 is 1.75. The summed E-state index contributed by atoms with van der Waals surface area (Å²) in [4.78, 5) is 16.2. The smallest absolute Gasteiger partial charge is 0.146 e. The fraction of sp³-hybridized carbons (Fsp3) is 0.520. The summed E-state index contributed by atoms with van der Waals surface area (Å²) in [6, 6.07) is 12.1. The van der Waals surface area contributed by atoms with Gasteiger partial charge in [0.1, 0.15) is 16.5 Å². The van der Waals surface area contributed by atoms with Gasteiger partial charge in [-0.1, -0.05) is 30.3 Å². The van der Waals surface area contributed by atoms with E-state index in [1.54, 1.807) is 11.3 Å². The molecule has 32 heavy (non-hydrogen) atoms. The molecule has 0 amide bonds. The number of fused-ring (bicyclic) bond motifs is 1. The Morgan fingerprint density at radius 1 is 0.938 bits per heavy atom. The highest BCUT2D eigenvalue weighted by molar-refractivity contribution is 7.17. The van der Waals surface area contributed by atoms with Gasteiger partial charge in [0, 0.05) is 49.2 Å². The predicted octanol–water partition coefficient (Wildman–Crippen LogP) is 3.91. The van der Waals surface area contributed by atoms with Crippen molar-refractivity contribution < 1.29 is 4.74 Å². The highest BCUT2D eigenvalue weighted by Gasteiger charge is 2.29. The third-order valence-corrected chi connectivity index (χ3v) is 7.73. The molecule has 6 nitrogen and oxygen atoms in total. The molecule has 1 N–H and O–H groups in total. The molecule has 2 aliphatic heterocycles. The van der Waals surface area contributed by atoms with Crippen LogP contribution in [0, 0.1) is 0 Å². The lowest BCUT2D eigenvalue weighted by atomic mass is 10.0. The maximum Gasteiger partial charge on any atom is 0.146 e. The normalized spacial score (nSPS) is 20.8. The molecule has 0 spiro atoms. The minimum Gasteiger partial charge on any atom is -0.379 e. The Morgan fingerprint density at radius 2 is 1.69 bits per heavy atom. The van der Waals surface area contributed by atoms with Crippen molar-refractivity contribution in [2.45, 2.75) is 44.3 Å². The average Bonchev–Trinajstić information content (AvgIpc) is 3.56. The highest BCUT2D eigenvalue weighted by atomic mass is 32.1. The van der Waals surface area contributed by atoms with E-state index >= 15 is 0 Å². The van der Waals surface area contributed by atoms with Crippen molar-refractivity contribution in [3.05, 3.63) is 41.5 Å². The van der Waals surface area contributed by atoms with Crippen molar-refractivity contribution in [2.24, 2.45) is 0 Å². The lowest BCUT2D eigenvalue weighted by Crippen LogP contribution is -2.43. The monoisotopic (exact) mass is 449 g/mol. The second-order valence-corrected chi connectivity index (χ2v) is 10.1. The third kappa shape index (κ3) is 4.39. The van der Waals surface area contributed by atoms with Crippen molar-refractivity contribution in [1.29, 1.82) is 0 Å². The Bertz CT molecular complexity index is 1050. The molecule has 168 valence electrons. The van der Waals surface area contributed by atoms with Crippen molar-refractivity contribution in [3.63, 3.8) is 0 Å². The van der Waals surface area contributed by atoms with Gasteiger partial charge in [-0.2, -0.15) is 0 Å². The molecule has 7 heteroatoms. The Kier molecular flexibility index (Phi) is 5.81. The van der Waals surface area contributed by atoms with Crippen LogP contribution in [0.25, 0.3) is 21.3 Å². The summed E-state index contributed by atoms with van der Waals surface area (Å²) in [5.41, 5.74) is 2.51. The average molecular weight is 450 g/mol. The van der Waals surface area contributed by atoms with Crippen molar-refractivity contribution in [1.82, 2.24) is 20.2 Å². The zero-order valence-corrected chi connectivity index (χ0v) is 19.3. The molecule has 0 radical (unpaired) electrons. The quantitative estimate of drug-likeness (QED) is 0.616. The van der Waals surface area contributed by atoms with E-state index in [-0.39, 0.29) is 0 Å².